The number of aromatic nitrogens is 1. The number of benzene rings is 1. The molecule has 0 saturated heterocycles. The Balaban J connectivity index is 2.09. The van der Waals surface area contributed by atoms with Gasteiger partial charge in [-0.15, -0.1) is 0 Å². The predicted molar refractivity (Wildman–Crippen MR) is 116 cm³/mol. The third kappa shape index (κ3) is 5.46. The second-order valence-electron chi connectivity index (χ2n) is 8.38. The smallest absolute Gasteiger partial charge is 0.278 e. The summed E-state index contributed by atoms with van der Waals surface area (Å²) in [5, 5.41) is 2.69. The highest BCUT2D eigenvalue weighted by molar-refractivity contribution is 6.32. The van der Waals surface area contributed by atoms with Gasteiger partial charge in [0.1, 0.15) is 5.82 Å². The minimum Gasteiger partial charge on any atom is -0.351 e. The van der Waals surface area contributed by atoms with Gasteiger partial charge < -0.3 is 5.32 Å². The molecule has 2 aromatic rings. The average molecular weight is 486 g/mol. The highest BCUT2D eigenvalue weighted by Crippen LogP contribution is 2.37. The maximum absolute atomic E-state index is 14.1. The lowest BCUT2D eigenvalue weighted by Crippen LogP contribution is -2.60. The monoisotopic (exact) mass is 485 g/mol. The zero-order valence-corrected chi connectivity index (χ0v) is 18.9. The van der Waals surface area contributed by atoms with Crippen molar-refractivity contribution in [3.63, 3.8) is 0 Å². The van der Waals surface area contributed by atoms with Crippen LogP contribution in [0, 0.1) is 12.7 Å². The van der Waals surface area contributed by atoms with Crippen LogP contribution in [0.25, 0.3) is 0 Å². The van der Waals surface area contributed by atoms with Gasteiger partial charge in [0.2, 0.25) is 5.92 Å². The van der Waals surface area contributed by atoms with E-state index in [0.717, 1.165) is 22.7 Å². The number of nitrogens with zero attached hydrogens (tertiary/aromatic N) is 2. The number of aryl methyl sites for hydroxylation is 1. The van der Waals surface area contributed by atoms with Crippen LogP contribution in [0.1, 0.15) is 43.7 Å². The number of nitrogens with one attached hydrogen (secondary N) is 1. The van der Waals surface area contributed by atoms with Crippen LogP contribution in [0.3, 0.4) is 0 Å². The van der Waals surface area contributed by atoms with Crippen molar-refractivity contribution in [1.29, 1.82) is 0 Å². The van der Waals surface area contributed by atoms with Gasteiger partial charge in [-0.3, -0.25) is 19.5 Å². The molecular formula is C23H24ClF4N3O2. The molecule has 1 fully saturated rings. The first-order chi connectivity index (χ1) is 15.4. The maximum atomic E-state index is 14.1. The summed E-state index contributed by atoms with van der Waals surface area (Å²) in [4.78, 5) is 31.2. The molecule has 0 radical (unpaired) electrons. The lowest BCUT2D eigenvalue weighted by atomic mass is 9.87. The standard InChI is InChI=1S/C23H24ClF4N3O2/c1-14-3-5-18(6-4-14)31(20(32)19(24)26)22(2,15-11-16(25)13-29-12-15)21(33)30-17-7-9-23(27,28)10-8-17/h3-6,11-13,17,19H,7-10H2,1-2H3,(H,30,33)/t19-,22-/m0/s1. The molecular weight excluding hydrogens is 462 g/mol. The van der Waals surface area contributed by atoms with Gasteiger partial charge >= 0.3 is 0 Å². The number of carbonyl (C=O) groups is 2. The zero-order valence-electron chi connectivity index (χ0n) is 18.1. The van der Waals surface area contributed by atoms with E-state index in [1.807, 2.05) is 0 Å². The molecule has 0 aliphatic heterocycles. The Kier molecular flexibility index (Phi) is 7.31. The molecule has 1 saturated carbocycles. The summed E-state index contributed by atoms with van der Waals surface area (Å²) >= 11 is 5.49. The fourth-order valence-electron chi connectivity index (χ4n) is 3.95. The van der Waals surface area contributed by atoms with Crippen molar-refractivity contribution in [3.05, 3.63) is 59.7 Å². The van der Waals surface area contributed by atoms with Crippen LogP contribution in [-0.2, 0) is 15.1 Å². The van der Waals surface area contributed by atoms with Crippen molar-refractivity contribution in [3.8, 4) is 0 Å². The number of halogens is 5. The molecule has 1 aliphatic rings. The van der Waals surface area contributed by atoms with E-state index < -0.39 is 53.6 Å². The third-order valence-corrected chi connectivity index (χ3v) is 6.09. The second-order valence-corrected chi connectivity index (χ2v) is 8.76. The highest BCUT2D eigenvalue weighted by atomic mass is 35.5. The number of hydrogen-bond acceptors (Lipinski definition) is 3. The molecule has 1 N–H and O–H groups in total. The molecule has 2 amide bonds. The molecule has 5 nitrogen and oxygen atoms in total. The van der Waals surface area contributed by atoms with Gasteiger partial charge in [-0.05, 0) is 44.9 Å². The molecule has 33 heavy (non-hydrogen) atoms. The molecule has 1 aromatic carbocycles. The zero-order chi connectivity index (χ0) is 24.4. The second kappa shape index (κ2) is 9.67. The Hall–Kier alpha value is -2.68. The van der Waals surface area contributed by atoms with Crippen LogP contribution in [0.4, 0.5) is 23.2 Å². The summed E-state index contributed by atoms with van der Waals surface area (Å²) in [7, 11) is 0. The normalized spacial score (nSPS) is 18.8. The number of pyridine rings is 1. The molecule has 0 spiro atoms. The van der Waals surface area contributed by atoms with Crippen LogP contribution < -0.4 is 10.2 Å². The van der Waals surface area contributed by atoms with Crippen LogP contribution in [0.5, 0.6) is 0 Å². The Morgan fingerprint density at radius 3 is 2.36 bits per heavy atom. The molecule has 2 atom stereocenters. The van der Waals surface area contributed by atoms with Crippen LogP contribution in [0.2, 0.25) is 0 Å². The lowest BCUT2D eigenvalue weighted by Gasteiger charge is -2.41. The quantitative estimate of drug-likeness (QED) is 0.462. The summed E-state index contributed by atoms with van der Waals surface area (Å²) < 4.78 is 55.3. The van der Waals surface area contributed by atoms with Crippen molar-refractivity contribution in [2.45, 2.75) is 62.7 Å². The minimum absolute atomic E-state index is 0.0238. The Labute approximate surface area is 194 Å². The average Bonchev–Trinajstić information content (AvgIpc) is 2.76. The summed E-state index contributed by atoms with van der Waals surface area (Å²) in [5.74, 6) is -5.61. The van der Waals surface area contributed by atoms with Crippen LogP contribution in [-0.4, -0.2) is 34.4 Å². The van der Waals surface area contributed by atoms with E-state index >= 15 is 0 Å². The Morgan fingerprint density at radius 2 is 1.82 bits per heavy atom. The maximum Gasteiger partial charge on any atom is 0.278 e. The number of alkyl halides is 4. The Morgan fingerprint density at radius 1 is 1.21 bits per heavy atom. The van der Waals surface area contributed by atoms with E-state index in [2.05, 4.69) is 10.3 Å². The minimum atomic E-state index is -2.80. The molecule has 3 rings (SSSR count). The van der Waals surface area contributed by atoms with Crippen LogP contribution >= 0.6 is 11.6 Å². The largest absolute Gasteiger partial charge is 0.351 e. The van der Waals surface area contributed by atoms with Crippen molar-refractivity contribution in [2.24, 2.45) is 0 Å². The summed E-state index contributed by atoms with van der Waals surface area (Å²) in [6.07, 6.45) is 1.36. The fraction of sp³-hybridized carbons (Fsp3) is 0.435. The number of carbonyl (C=O) groups excluding carboxylic acids is 2. The number of amides is 2. The lowest BCUT2D eigenvalue weighted by molar-refractivity contribution is -0.132. The van der Waals surface area contributed by atoms with Crippen molar-refractivity contribution >= 4 is 29.1 Å². The van der Waals surface area contributed by atoms with E-state index in [4.69, 9.17) is 11.6 Å². The number of rotatable bonds is 6. The molecule has 1 aliphatic carbocycles. The Bertz CT molecular complexity index is 1010. The molecule has 10 heteroatoms. The van der Waals surface area contributed by atoms with Gasteiger partial charge in [-0.25, -0.2) is 17.6 Å². The molecule has 178 valence electrons. The third-order valence-electron chi connectivity index (χ3n) is 5.91. The topological polar surface area (TPSA) is 62.3 Å². The van der Waals surface area contributed by atoms with E-state index in [9.17, 15) is 27.2 Å². The summed E-state index contributed by atoms with van der Waals surface area (Å²) in [5.41, 5.74) is -3.53. The fourth-order valence-corrected chi connectivity index (χ4v) is 4.05. The van der Waals surface area contributed by atoms with Crippen molar-refractivity contribution in [1.82, 2.24) is 10.3 Å². The van der Waals surface area contributed by atoms with E-state index in [0.29, 0.717) is 0 Å². The van der Waals surface area contributed by atoms with E-state index in [1.165, 1.54) is 25.3 Å². The van der Waals surface area contributed by atoms with Gasteiger partial charge in [0, 0.05) is 36.3 Å². The van der Waals surface area contributed by atoms with Gasteiger partial charge in [0.25, 0.3) is 17.4 Å². The SMILES string of the molecule is Cc1ccc(N(C(=O)[C@H](F)Cl)[C@](C)(C(=O)NC2CCC(F)(F)CC2)c2cncc(F)c2)cc1. The van der Waals surface area contributed by atoms with Gasteiger partial charge in [-0.1, -0.05) is 29.3 Å². The van der Waals surface area contributed by atoms with Gasteiger partial charge in [0.05, 0.1) is 6.20 Å². The predicted octanol–water partition coefficient (Wildman–Crippen LogP) is 5.01. The van der Waals surface area contributed by atoms with Crippen molar-refractivity contribution in [2.75, 3.05) is 4.90 Å². The molecule has 1 aromatic heterocycles. The van der Waals surface area contributed by atoms with E-state index in [-0.39, 0.29) is 24.1 Å². The van der Waals surface area contributed by atoms with Gasteiger partial charge in [-0.2, -0.15) is 0 Å². The summed E-state index contributed by atoms with van der Waals surface area (Å²) in [6.45, 7) is 3.12. The number of anilines is 1. The molecule has 0 unspecified atom stereocenters. The van der Waals surface area contributed by atoms with E-state index in [1.54, 1.807) is 19.1 Å². The van der Waals surface area contributed by atoms with Crippen molar-refractivity contribution < 1.29 is 27.2 Å². The first-order valence-electron chi connectivity index (χ1n) is 10.4. The molecule has 0 bridgehead atoms. The molecule has 1 heterocycles. The van der Waals surface area contributed by atoms with Gasteiger partial charge in [0.15, 0.2) is 5.54 Å². The van der Waals surface area contributed by atoms with Crippen LogP contribution in [0.15, 0.2) is 42.7 Å². The number of hydrogen-bond donors (Lipinski definition) is 1. The highest BCUT2D eigenvalue weighted by Gasteiger charge is 2.48. The summed E-state index contributed by atoms with van der Waals surface area (Å²) in [6, 6.07) is 6.74. The first-order valence-corrected chi connectivity index (χ1v) is 10.9. The first kappa shape index (κ1) is 25.0.